The number of hydrogen-bond acceptors (Lipinski definition) is 6. The highest BCUT2D eigenvalue weighted by molar-refractivity contribution is 5.91. The van der Waals surface area contributed by atoms with Crippen LogP contribution in [-0.2, 0) is 4.74 Å². The molecule has 4 rings (SSSR count). The van der Waals surface area contributed by atoms with E-state index in [0.29, 0.717) is 0 Å². The van der Waals surface area contributed by atoms with Crippen molar-refractivity contribution in [2.45, 2.75) is 31.8 Å². The van der Waals surface area contributed by atoms with Crippen molar-refractivity contribution < 1.29 is 19.4 Å². The topological polar surface area (TPSA) is 113 Å². The summed E-state index contributed by atoms with van der Waals surface area (Å²) in [7, 11) is 0. The van der Waals surface area contributed by atoms with Gasteiger partial charge in [-0.15, -0.1) is 0 Å². The molecule has 3 atom stereocenters. The molecule has 0 saturated heterocycles. The molecule has 0 bridgehead atoms. The number of carbonyl (C=O) groups is 1. The predicted molar refractivity (Wildman–Crippen MR) is 99.7 cm³/mol. The average molecular weight is 382 g/mol. The molecule has 8 heteroatoms. The summed E-state index contributed by atoms with van der Waals surface area (Å²) in [5, 5.41) is 22.1. The van der Waals surface area contributed by atoms with Crippen LogP contribution in [-0.4, -0.2) is 21.9 Å². The van der Waals surface area contributed by atoms with E-state index in [-0.39, 0.29) is 16.4 Å². The van der Waals surface area contributed by atoms with Gasteiger partial charge in [0.15, 0.2) is 0 Å². The number of esters is 1. The maximum absolute atomic E-state index is 12.8. The molecule has 1 aromatic rings. The monoisotopic (exact) mass is 382 g/mol. The van der Waals surface area contributed by atoms with Crippen LogP contribution in [0.5, 0.6) is 0 Å². The van der Waals surface area contributed by atoms with Crippen molar-refractivity contribution in [1.82, 2.24) is 0 Å². The Bertz CT molecular complexity index is 933. The van der Waals surface area contributed by atoms with E-state index in [1.54, 1.807) is 0 Å². The van der Waals surface area contributed by atoms with Gasteiger partial charge in [-0.05, 0) is 18.9 Å². The number of nitro benzene ring substituents is 2. The Hall–Kier alpha value is -3.29. The molecule has 144 valence electrons. The van der Waals surface area contributed by atoms with Gasteiger partial charge in [0.1, 0.15) is 6.10 Å². The minimum Gasteiger partial charge on any atom is -0.454 e. The van der Waals surface area contributed by atoms with Crippen LogP contribution in [0.1, 0.15) is 36.0 Å². The molecule has 0 aromatic heterocycles. The fourth-order valence-electron chi connectivity index (χ4n) is 4.71. The van der Waals surface area contributed by atoms with Crippen LogP contribution < -0.4 is 0 Å². The van der Waals surface area contributed by atoms with Crippen molar-refractivity contribution in [1.29, 1.82) is 0 Å². The summed E-state index contributed by atoms with van der Waals surface area (Å²) in [6.07, 6.45) is 15.5. The molecule has 28 heavy (non-hydrogen) atoms. The molecule has 1 fully saturated rings. The molecule has 0 aliphatic heterocycles. The molecule has 0 heterocycles. The van der Waals surface area contributed by atoms with Crippen LogP contribution in [0.2, 0.25) is 0 Å². The number of ether oxygens (including phenoxy) is 1. The zero-order chi connectivity index (χ0) is 19.9. The molecular formula is C20H18N2O6. The van der Waals surface area contributed by atoms with Crippen molar-refractivity contribution in [2.75, 3.05) is 0 Å². The Morgan fingerprint density at radius 3 is 2.29 bits per heavy atom. The summed E-state index contributed by atoms with van der Waals surface area (Å²) in [4.78, 5) is 33.4. The first-order valence-corrected chi connectivity index (χ1v) is 9.08. The summed E-state index contributed by atoms with van der Waals surface area (Å²) in [6, 6.07) is 2.85. The number of nitrogens with zero attached hydrogens (tertiary/aromatic N) is 2. The second-order valence-electron chi connectivity index (χ2n) is 7.44. The van der Waals surface area contributed by atoms with Crippen LogP contribution in [0.15, 0.2) is 54.7 Å². The molecular weight excluding hydrogens is 364 g/mol. The van der Waals surface area contributed by atoms with Crippen LogP contribution in [0.25, 0.3) is 0 Å². The lowest BCUT2D eigenvalue weighted by Gasteiger charge is -2.49. The van der Waals surface area contributed by atoms with Gasteiger partial charge in [0, 0.05) is 23.0 Å². The van der Waals surface area contributed by atoms with E-state index in [0.717, 1.165) is 43.9 Å². The third kappa shape index (κ3) is 2.64. The molecule has 1 aromatic carbocycles. The fraction of sp³-hybridized carbons (Fsp3) is 0.350. The van der Waals surface area contributed by atoms with Crippen LogP contribution in [0, 0.1) is 31.1 Å². The smallest absolute Gasteiger partial charge is 0.339 e. The standard InChI is InChI=1S/C20H18N2O6/c23-18(14-11-15(21(24)25)13-16(12-14)22(26)27)28-17-5-10-19-6-1-3-8-20(17,19)9-4-2-7-19/h1,3,5-6,8,10-13,17H,2,4,7,9H2/t17-,19+,20+/m1/s1. The van der Waals surface area contributed by atoms with Gasteiger partial charge in [0.05, 0.1) is 21.5 Å². The lowest BCUT2D eigenvalue weighted by molar-refractivity contribution is -0.394. The van der Waals surface area contributed by atoms with Gasteiger partial charge in [0.25, 0.3) is 11.4 Å². The highest BCUT2D eigenvalue weighted by atomic mass is 16.6. The van der Waals surface area contributed by atoms with Gasteiger partial charge in [-0.2, -0.15) is 0 Å². The minimum atomic E-state index is -0.805. The maximum Gasteiger partial charge on any atom is 0.339 e. The van der Waals surface area contributed by atoms with Gasteiger partial charge in [-0.3, -0.25) is 20.2 Å². The van der Waals surface area contributed by atoms with E-state index in [1.807, 2.05) is 18.2 Å². The zero-order valence-corrected chi connectivity index (χ0v) is 14.9. The Morgan fingerprint density at radius 1 is 0.964 bits per heavy atom. The first kappa shape index (κ1) is 18.1. The van der Waals surface area contributed by atoms with Gasteiger partial charge in [0.2, 0.25) is 0 Å². The van der Waals surface area contributed by atoms with Crippen LogP contribution >= 0.6 is 0 Å². The number of nitro groups is 2. The molecule has 3 aliphatic carbocycles. The molecule has 0 amide bonds. The number of non-ortho nitro benzene ring substituents is 2. The Balaban J connectivity index is 1.65. The van der Waals surface area contributed by atoms with Crippen molar-refractivity contribution in [3.63, 3.8) is 0 Å². The summed E-state index contributed by atoms with van der Waals surface area (Å²) >= 11 is 0. The number of rotatable bonds is 4. The number of allylic oxidation sites excluding steroid dienone is 4. The van der Waals surface area contributed by atoms with E-state index in [4.69, 9.17) is 4.74 Å². The molecule has 0 radical (unpaired) electrons. The Labute approximate surface area is 160 Å². The number of hydrogen-bond donors (Lipinski definition) is 0. The van der Waals surface area contributed by atoms with E-state index >= 15 is 0 Å². The molecule has 0 unspecified atom stereocenters. The average Bonchev–Trinajstić information content (AvgIpc) is 3.02. The van der Waals surface area contributed by atoms with Gasteiger partial charge < -0.3 is 4.74 Å². The van der Waals surface area contributed by atoms with E-state index in [2.05, 4.69) is 18.2 Å². The van der Waals surface area contributed by atoms with Crippen LogP contribution in [0.4, 0.5) is 11.4 Å². The molecule has 1 saturated carbocycles. The normalized spacial score (nSPS) is 29.8. The van der Waals surface area contributed by atoms with Crippen molar-refractivity contribution in [3.8, 4) is 0 Å². The summed E-state index contributed by atoms with van der Waals surface area (Å²) in [5.74, 6) is -0.805. The number of carbonyl (C=O) groups excluding carboxylic acids is 1. The second-order valence-corrected chi connectivity index (χ2v) is 7.44. The summed E-state index contributed by atoms with van der Waals surface area (Å²) in [5.41, 5.74) is -1.81. The quantitative estimate of drug-likeness (QED) is 0.333. The Kier molecular flexibility index (Phi) is 4.14. The second kappa shape index (κ2) is 6.40. The maximum atomic E-state index is 12.8. The minimum absolute atomic E-state index is 0.195. The molecule has 8 nitrogen and oxygen atoms in total. The molecule has 3 aliphatic rings. The zero-order valence-electron chi connectivity index (χ0n) is 14.9. The van der Waals surface area contributed by atoms with E-state index in [1.165, 1.54) is 0 Å². The highest BCUT2D eigenvalue weighted by Gasteiger charge is 2.57. The van der Waals surface area contributed by atoms with Gasteiger partial charge in [-0.1, -0.05) is 43.2 Å². The fourth-order valence-corrected chi connectivity index (χ4v) is 4.71. The largest absolute Gasteiger partial charge is 0.454 e. The molecule has 0 spiro atoms. The Morgan fingerprint density at radius 2 is 1.61 bits per heavy atom. The van der Waals surface area contributed by atoms with Gasteiger partial charge in [-0.25, -0.2) is 4.79 Å². The van der Waals surface area contributed by atoms with E-state index in [9.17, 15) is 25.0 Å². The lowest BCUT2D eigenvalue weighted by atomic mass is 9.55. The highest BCUT2D eigenvalue weighted by Crippen LogP contribution is 2.61. The number of benzene rings is 1. The lowest BCUT2D eigenvalue weighted by Crippen LogP contribution is -2.47. The third-order valence-electron chi connectivity index (χ3n) is 6.07. The molecule has 0 N–H and O–H groups in total. The predicted octanol–water partition coefficient (Wildman–Crippen LogP) is 4.27. The third-order valence-corrected chi connectivity index (χ3v) is 6.07. The summed E-state index contributed by atoms with van der Waals surface area (Å²) < 4.78 is 5.74. The summed E-state index contributed by atoms with van der Waals surface area (Å²) in [6.45, 7) is 0. The first-order chi connectivity index (χ1) is 13.4. The van der Waals surface area contributed by atoms with Crippen molar-refractivity contribution in [2.24, 2.45) is 10.8 Å². The van der Waals surface area contributed by atoms with Gasteiger partial charge >= 0.3 is 5.97 Å². The first-order valence-electron chi connectivity index (χ1n) is 9.08. The van der Waals surface area contributed by atoms with Crippen LogP contribution in [0.3, 0.4) is 0 Å². The van der Waals surface area contributed by atoms with E-state index < -0.39 is 33.3 Å². The van der Waals surface area contributed by atoms with Crippen molar-refractivity contribution >= 4 is 17.3 Å². The van der Waals surface area contributed by atoms with Crippen molar-refractivity contribution in [3.05, 3.63) is 80.4 Å². The SMILES string of the molecule is O=C(O[C@@H]1C=C[C@@]23C=CC=C[C@]12CCCC3)c1cc([N+](=O)[O-])cc([N+](=O)[O-])c1.